The minimum absolute atomic E-state index is 0.0391. The minimum Gasteiger partial charge on any atom is -0.439 e. The molecule has 1 aromatic carbocycles. The molecule has 0 spiro atoms. The quantitative estimate of drug-likeness (QED) is 0.918. The summed E-state index contributed by atoms with van der Waals surface area (Å²) in [6.45, 7) is 3.94. The van der Waals surface area contributed by atoms with Crippen LogP contribution in [0.5, 0.6) is 11.6 Å². The van der Waals surface area contributed by atoms with Gasteiger partial charge in [-0.15, -0.1) is 0 Å². The van der Waals surface area contributed by atoms with Crippen LogP contribution in [0.1, 0.15) is 24.6 Å². The van der Waals surface area contributed by atoms with E-state index in [9.17, 15) is 4.39 Å². The smallest absolute Gasteiger partial charge is 0.221 e. The van der Waals surface area contributed by atoms with Crippen molar-refractivity contribution in [3.8, 4) is 11.6 Å². The maximum atomic E-state index is 13.5. The van der Waals surface area contributed by atoms with Gasteiger partial charge in [-0.1, -0.05) is 18.5 Å². The molecule has 0 aliphatic carbocycles. The summed E-state index contributed by atoms with van der Waals surface area (Å²) in [7, 11) is 1.79. The van der Waals surface area contributed by atoms with Gasteiger partial charge in [-0.3, -0.25) is 0 Å². The van der Waals surface area contributed by atoms with Gasteiger partial charge in [-0.2, -0.15) is 5.10 Å². The average Bonchev–Trinajstić information content (AvgIpc) is 2.69. The zero-order valence-electron chi connectivity index (χ0n) is 12.4. The van der Waals surface area contributed by atoms with Gasteiger partial charge in [0, 0.05) is 24.7 Å². The third-order valence-corrected chi connectivity index (χ3v) is 3.69. The number of halogens is 2. The van der Waals surface area contributed by atoms with Crippen molar-refractivity contribution in [1.82, 2.24) is 9.78 Å². The highest BCUT2D eigenvalue weighted by atomic mass is 35.5. The van der Waals surface area contributed by atoms with Gasteiger partial charge < -0.3 is 10.5 Å². The molecule has 1 aromatic heterocycles. The largest absolute Gasteiger partial charge is 0.439 e. The zero-order chi connectivity index (χ0) is 15.6. The Kier molecular flexibility index (Phi) is 4.85. The van der Waals surface area contributed by atoms with Crippen molar-refractivity contribution < 1.29 is 9.13 Å². The number of benzene rings is 1. The Morgan fingerprint density at radius 3 is 2.81 bits per heavy atom. The van der Waals surface area contributed by atoms with Gasteiger partial charge in [0.2, 0.25) is 5.88 Å². The van der Waals surface area contributed by atoms with E-state index in [1.807, 2.05) is 13.8 Å². The van der Waals surface area contributed by atoms with Crippen molar-refractivity contribution in [1.29, 1.82) is 0 Å². The van der Waals surface area contributed by atoms with E-state index in [2.05, 4.69) is 5.10 Å². The molecule has 4 nitrogen and oxygen atoms in total. The van der Waals surface area contributed by atoms with Gasteiger partial charge in [0.1, 0.15) is 11.6 Å². The Balaban J connectivity index is 2.32. The monoisotopic (exact) mass is 311 g/mol. The molecular formula is C15H19ClFN3O. The predicted molar refractivity (Wildman–Crippen MR) is 81.4 cm³/mol. The lowest BCUT2D eigenvalue weighted by atomic mass is 10.1. The van der Waals surface area contributed by atoms with Crippen LogP contribution in [0.3, 0.4) is 0 Å². The summed E-state index contributed by atoms with van der Waals surface area (Å²) in [5.41, 5.74) is 7.83. The van der Waals surface area contributed by atoms with Gasteiger partial charge in [0.25, 0.3) is 0 Å². The number of ether oxygens (including phenoxy) is 1. The fraction of sp³-hybridized carbons (Fsp3) is 0.400. The molecule has 0 bridgehead atoms. The second-order valence-corrected chi connectivity index (χ2v) is 5.45. The molecule has 0 aliphatic rings. The van der Waals surface area contributed by atoms with Crippen LogP contribution in [0.2, 0.25) is 5.02 Å². The molecule has 0 amide bonds. The molecule has 0 radical (unpaired) electrons. The lowest BCUT2D eigenvalue weighted by Crippen LogP contribution is -2.21. The molecule has 2 rings (SSSR count). The number of hydrogen-bond donors (Lipinski definition) is 1. The lowest BCUT2D eigenvalue weighted by Gasteiger charge is -2.12. The van der Waals surface area contributed by atoms with Crippen molar-refractivity contribution in [2.45, 2.75) is 32.7 Å². The SMILES string of the molecule is CCC(N)Cc1c(C)nn(C)c1Oc1ccc(Cl)c(F)c1. The van der Waals surface area contributed by atoms with Crippen LogP contribution < -0.4 is 10.5 Å². The summed E-state index contributed by atoms with van der Waals surface area (Å²) in [4.78, 5) is 0. The molecule has 1 heterocycles. The third-order valence-electron chi connectivity index (χ3n) is 3.39. The molecule has 1 unspecified atom stereocenters. The molecule has 2 N–H and O–H groups in total. The van der Waals surface area contributed by atoms with Gasteiger partial charge >= 0.3 is 0 Å². The first-order valence-corrected chi connectivity index (χ1v) is 7.21. The number of aromatic nitrogens is 2. The normalized spacial score (nSPS) is 12.5. The first-order valence-electron chi connectivity index (χ1n) is 6.83. The fourth-order valence-electron chi connectivity index (χ4n) is 2.10. The van der Waals surface area contributed by atoms with E-state index in [0.717, 1.165) is 17.7 Å². The highest BCUT2D eigenvalue weighted by Crippen LogP contribution is 2.30. The van der Waals surface area contributed by atoms with E-state index in [1.54, 1.807) is 17.8 Å². The molecule has 0 aliphatic heterocycles. The van der Waals surface area contributed by atoms with Crippen molar-refractivity contribution in [2.75, 3.05) is 0 Å². The topological polar surface area (TPSA) is 53.1 Å². The molecular weight excluding hydrogens is 293 g/mol. The van der Waals surface area contributed by atoms with Gasteiger partial charge in [0.05, 0.1) is 10.7 Å². The van der Waals surface area contributed by atoms with Crippen LogP contribution in [0, 0.1) is 12.7 Å². The molecule has 1 atom stereocenters. The van der Waals surface area contributed by atoms with Crippen LogP contribution in [0.25, 0.3) is 0 Å². The van der Waals surface area contributed by atoms with Crippen LogP contribution in [0.4, 0.5) is 4.39 Å². The second-order valence-electron chi connectivity index (χ2n) is 5.04. The van der Waals surface area contributed by atoms with Crippen LogP contribution in [0.15, 0.2) is 18.2 Å². The van der Waals surface area contributed by atoms with Crippen LogP contribution in [-0.4, -0.2) is 15.8 Å². The second kappa shape index (κ2) is 6.45. The summed E-state index contributed by atoms with van der Waals surface area (Å²) in [6.07, 6.45) is 1.53. The first-order chi connectivity index (χ1) is 9.92. The summed E-state index contributed by atoms with van der Waals surface area (Å²) in [5.74, 6) is 0.448. The molecule has 0 saturated carbocycles. The van der Waals surface area contributed by atoms with Crippen molar-refractivity contribution in [3.05, 3.63) is 40.3 Å². The fourth-order valence-corrected chi connectivity index (χ4v) is 2.22. The van der Waals surface area contributed by atoms with E-state index >= 15 is 0 Å². The minimum atomic E-state index is -0.514. The Morgan fingerprint density at radius 1 is 1.48 bits per heavy atom. The van der Waals surface area contributed by atoms with Crippen molar-refractivity contribution >= 4 is 11.6 Å². The Bertz CT molecular complexity index is 642. The average molecular weight is 312 g/mol. The summed E-state index contributed by atoms with van der Waals surface area (Å²) >= 11 is 5.67. The molecule has 21 heavy (non-hydrogen) atoms. The van der Waals surface area contributed by atoms with E-state index in [4.69, 9.17) is 22.1 Å². The number of nitrogens with two attached hydrogens (primary N) is 1. The predicted octanol–water partition coefficient (Wildman–Crippen LogP) is 3.59. The van der Waals surface area contributed by atoms with E-state index < -0.39 is 5.82 Å². The van der Waals surface area contributed by atoms with Crippen LogP contribution >= 0.6 is 11.6 Å². The number of aryl methyl sites for hydroxylation is 2. The van der Waals surface area contributed by atoms with Crippen molar-refractivity contribution in [3.63, 3.8) is 0 Å². The standard InChI is InChI=1S/C15H19ClFN3O/c1-4-10(18)7-12-9(2)19-20(3)15(12)21-11-5-6-13(16)14(17)8-11/h5-6,8,10H,4,7,18H2,1-3H3. The van der Waals surface area contributed by atoms with E-state index in [0.29, 0.717) is 18.1 Å². The molecule has 114 valence electrons. The molecule has 6 heteroatoms. The third kappa shape index (κ3) is 3.54. The lowest BCUT2D eigenvalue weighted by molar-refractivity contribution is 0.420. The highest BCUT2D eigenvalue weighted by Gasteiger charge is 2.18. The summed E-state index contributed by atoms with van der Waals surface area (Å²) in [6, 6.07) is 4.38. The molecule has 0 saturated heterocycles. The van der Waals surface area contributed by atoms with E-state index in [1.165, 1.54) is 12.1 Å². The highest BCUT2D eigenvalue weighted by molar-refractivity contribution is 6.30. The van der Waals surface area contributed by atoms with Gasteiger partial charge in [-0.25, -0.2) is 9.07 Å². The van der Waals surface area contributed by atoms with Gasteiger partial charge in [0.15, 0.2) is 0 Å². The maximum absolute atomic E-state index is 13.5. The Morgan fingerprint density at radius 2 is 2.19 bits per heavy atom. The maximum Gasteiger partial charge on any atom is 0.221 e. The van der Waals surface area contributed by atoms with Crippen LogP contribution in [-0.2, 0) is 13.5 Å². The van der Waals surface area contributed by atoms with Crippen molar-refractivity contribution in [2.24, 2.45) is 12.8 Å². The molecule has 2 aromatic rings. The molecule has 0 fully saturated rings. The van der Waals surface area contributed by atoms with E-state index in [-0.39, 0.29) is 11.1 Å². The summed E-state index contributed by atoms with van der Waals surface area (Å²) < 4.78 is 20.9. The summed E-state index contributed by atoms with van der Waals surface area (Å²) in [5, 5.41) is 4.42. The van der Waals surface area contributed by atoms with Gasteiger partial charge in [-0.05, 0) is 31.9 Å². The Labute approximate surface area is 128 Å². The number of hydrogen-bond acceptors (Lipinski definition) is 3. The number of rotatable bonds is 5. The Hall–Kier alpha value is -1.59. The zero-order valence-corrected chi connectivity index (χ0v) is 13.1. The number of nitrogens with zero attached hydrogens (tertiary/aromatic N) is 2. The first kappa shape index (κ1) is 15.8.